The van der Waals surface area contributed by atoms with E-state index in [2.05, 4.69) is 263 Å². The SMILES string of the molecule is c1ccc(N(c2ccccc2)c2ccc3c(c2)C2(c4ccccc4-c4cc(N(c5ccccc5)c5ccc6c7ccccc7n(-c7ccccc7)c6c5)ccc42)c2ccccc2-3)cc1. The summed E-state index contributed by atoms with van der Waals surface area (Å²) >= 11 is 0. The van der Waals surface area contributed by atoms with Crippen LogP contribution in [0.1, 0.15) is 22.3 Å². The predicted molar refractivity (Wildman–Crippen MR) is 266 cm³/mol. The van der Waals surface area contributed by atoms with Gasteiger partial charge in [-0.05, 0) is 136 Å². The summed E-state index contributed by atoms with van der Waals surface area (Å²) in [7, 11) is 0. The Morgan fingerprint density at radius 2 is 0.703 bits per heavy atom. The maximum absolute atomic E-state index is 2.46. The van der Waals surface area contributed by atoms with Gasteiger partial charge in [-0.25, -0.2) is 0 Å². The van der Waals surface area contributed by atoms with E-state index in [0.717, 1.165) is 39.8 Å². The molecule has 1 unspecified atom stereocenters. The Bertz CT molecular complexity index is 3520. The van der Waals surface area contributed by atoms with Crippen LogP contribution < -0.4 is 9.80 Å². The second-order valence-electron chi connectivity index (χ2n) is 16.9. The van der Waals surface area contributed by atoms with E-state index >= 15 is 0 Å². The topological polar surface area (TPSA) is 11.4 Å². The summed E-state index contributed by atoms with van der Waals surface area (Å²) in [6, 6.07) is 91.2. The minimum absolute atomic E-state index is 0.515. The fraction of sp³-hybridized carbons (Fsp3) is 0.0164. The molecule has 0 saturated heterocycles. The molecular formula is C61H41N3. The maximum Gasteiger partial charge on any atom is 0.0726 e. The van der Waals surface area contributed by atoms with Crippen molar-refractivity contribution in [2.24, 2.45) is 0 Å². The average Bonchev–Trinajstić information content (AvgIpc) is 3.97. The van der Waals surface area contributed by atoms with Crippen LogP contribution in [0.2, 0.25) is 0 Å². The number of benzene rings is 10. The Hall–Kier alpha value is -8.40. The van der Waals surface area contributed by atoms with Crippen molar-refractivity contribution in [2.45, 2.75) is 5.41 Å². The van der Waals surface area contributed by atoms with Crippen LogP contribution in [0.3, 0.4) is 0 Å². The van der Waals surface area contributed by atoms with Gasteiger partial charge in [0.2, 0.25) is 0 Å². The molecule has 11 aromatic rings. The van der Waals surface area contributed by atoms with Gasteiger partial charge in [-0.1, -0.05) is 158 Å². The third-order valence-corrected chi connectivity index (χ3v) is 13.5. The van der Waals surface area contributed by atoms with Crippen LogP contribution in [0.25, 0.3) is 49.7 Å². The van der Waals surface area contributed by atoms with Crippen LogP contribution in [0.15, 0.2) is 249 Å². The van der Waals surface area contributed by atoms with E-state index in [1.54, 1.807) is 0 Å². The van der Waals surface area contributed by atoms with Crippen LogP contribution in [0.5, 0.6) is 0 Å². The predicted octanol–water partition coefficient (Wildman–Crippen LogP) is 16.1. The zero-order valence-corrected chi connectivity index (χ0v) is 35.0. The Morgan fingerprint density at radius 1 is 0.266 bits per heavy atom. The number of anilines is 6. The van der Waals surface area contributed by atoms with Gasteiger partial charge in [0.15, 0.2) is 0 Å². The molecule has 64 heavy (non-hydrogen) atoms. The van der Waals surface area contributed by atoms with Crippen LogP contribution in [0, 0.1) is 0 Å². The summed E-state index contributed by atoms with van der Waals surface area (Å²) in [5.74, 6) is 0. The van der Waals surface area contributed by atoms with Gasteiger partial charge in [-0.3, -0.25) is 0 Å². The molecule has 300 valence electrons. The van der Waals surface area contributed by atoms with Crippen molar-refractivity contribution in [3.05, 3.63) is 271 Å². The maximum atomic E-state index is 2.46. The molecule has 0 bridgehead atoms. The molecular weight excluding hydrogens is 775 g/mol. The number of hydrogen-bond donors (Lipinski definition) is 0. The van der Waals surface area contributed by atoms with Crippen molar-refractivity contribution < 1.29 is 0 Å². The monoisotopic (exact) mass is 815 g/mol. The lowest BCUT2D eigenvalue weighted by Gasteiger charge is -2.32. The normalized spacial score (nSPS) is 14.3. The van der Waals surface area contributed by atoms with Gasteiger partial charge < -0.3 is 14.4 Å². The van der Waals surface area contributed by atoms with E-state index < -0.39 is 5.41 Å². The van der Waals surface area contributed by atoms with Crippen molar-refractivity contribution >= 4 is 55.9 Å². The fourth-order valence-electron chi connectivity index (χ4n) is 11.0. The second-order valence-corrected chi connectivity index (χ2v) is 16.9. The molecule has 3 nitrogen and oxygen atoms in total. The van der Waals surface area contributed by atoms with E-state index in [0.29, 0.717) is 0 Å². The number of hydrogen-bond acceptors (Lipinski definition) is 2. The van der Waals surface area contributed by atoms with Crippen molar-refractivity contribution in [2.75, 3.05) is 9.80 Å². The first-order valence-corrected chi connectivity index (χ1v) is 22.1. The minimum Gasteiger partial charge on any atom is -0.310 e. The summed E-state index contributed by atoms with van der Waals surface area (Å²) in [4.78, 5) is 4.81. The van der Waals surface area contributed by atoms with Gasteiger partial charge in [0.1, 0.15) is 0 Å². The third-order valence-electron chi connectivity index (χ3n) is 13.5. The molecule has 0 radical (unpaired) electrons. The zero-order valence-electron chi connectivity index (χ0n) is 35.0. The van der Waals surface area contributed by atoms with E-state index in [1.165, 1.54) is 66.3 Å². The second kappa shape index (κ2) is 14.3. The smallest absolute Gasteiger partial charge is 0.0726 e. The lowest BCUT2D eigenvalue weighted by molar-refractivity contribution is 0.793. The van der Waals surface area contributed by atoms with Crippen molar-refractivity contribution in [3.63, 3.8) is 0 Å². The number of rotatable bonds is 7. The van der Waals surface area contributed by atoms with Crippen molar-refractivity contribution in [1.82, 2.24) is 4.57 Å². The summed E-state index contributed by atoms with van der Waals surface area (Å²) in [5.41, 5.74) is 20.0. The largest absolute Gasteiger partial charge is 0.310 e. The van der Waals surface area contributed by atoms with E-state index in [-0.39, 0.29) is 0 Å². The molecule has 0 amide bonds. The first-order chi connectivity index (χ1) is 31.8. The quantitative estimate of drug-likeness (QED) is 0.159. The molecule has 1 atom stereocenters. The van der Waals surface area contributed by atoms with Crippen LogP contribution >= 0.6 is 0 Å². The Morgan fingerprint density at radius 3 is 1.36 bits per heavy atom. The highest BCUT2D eigenvalue weighted by atomic mass is 15.1. The van der Waals surface area contributed by atoms with Gasteiger partial charge in [-0.2, -0.15) is 0 Å². The molecule has 1 aromatic heterocycles. The molecule has 3 heteroatoms. The molecule has 0 saturated carbocycles. The van der Waals surface area contributed by atoms with Crippen molar-refractivity contribution in [1.29, 1.82) is 0 Å². The highest BCUT2D eigenvalue weighted by Gasteiger charge is 2.52. The molecule has 0 fully saturated rings. The van der Waals surface area contributed by atoms with E-state index in [4.69, 9.17) is 0 Å². The van der Waals surface area contributed by atoms with Crippen LogP contribution in [-0.2, 0) is 5.41 Å². The third kappa shape index (κ3) is 5.28. The number of aromatic nitrogens is 1. The molecule has 10 aromatic carbocycles. The molecule has 2 aliphatic carbocycles. The first-order valence-electron chi connectivity index (χ1n) is 22.1. The van der Waals surface area contributed by atoms with Gasteiger partial charge >= 0.3 is 0 Å². The van der Waals surface area contributed by atoms with E-state index in [9.17, 15) is 0 Å². The van der Waals surface area contributed by atoms with E-state index in [1.807, 2.05) is 0 Å². The lowest BCUT2D eigenvalue weighted by Crippen LogP contribution is -2.26. The molecule has 1 spiro atoms. The average molecular weight is 816 g/mol. The van der Waals surface area contributed by atoms with Crippen molar-refractivity contribution in [3.8, 4) is 27.9 Å². The fourth-order valence-corrected chi connectivity index (χ4v) is 11.0. The highest BCUT2D eigenvalue weighted by Crippen LogP contribution is 2.64. The molecule has 2 aliphatic rings. The minimum atomic E-state index is -0.515. The Balaban J connectivity index is 1.03. The Labute approximate surface area is 373 Å². The number of para-hydroxylation sites is 5. The van der Waals surface area contributed by atoms with Gasteiger partial charge in [-0.15, -0.1) is 0 Å². The van der Waals surface area contributed by atoms with Gasteiger partial charge in [0.05, 0.1) is 16.4 Å². The highest BCUT2D eigenvalue weighted by molar-refractivity contribution is 6.10. The summed E-state index contributed by atoms with van der Waals surface area (Å²) in [6.07, 6.45) is 0. The molecule has 0 aliphatic heterocycles. The standard InChI is InChI=1S/C61H41N3/c1-5-19-42(20-6-1)62(43-21-7-2-8-22-43)47-33-36-51-49-27-13-16-30-55(49)61(58(51)40-47)56-31-17-14-28-50(56)54-39-46(35-38-57(54)61)63(44-23-9-3-10-24-44)48-34-37-53-52-29-15-18-32-59(52)64(60(53)41-48)45-25-11-4-12-26-45/h1-41H. The summed E-state index contributed by atoms with van der Waals surface area (Å²) < 4.78 is 2.40. The Kier molecular flexibility index (Phi) is 8.13. The molecule has 13 rings (SSSR count). The van der Waals surface area contributed by atoms with Crippen LogP contribution in [0.4, 0.5) is 34.1 Å². The van der Waals surface area contributed by atoms with Gasteiger partial charge in [0, 0.05) is 50.6 Å². The molecule has 0 N–H and O–H groups in total. The summed E-state index contributed by atoms with van der Waals surface area (Å²) in [6.45, 7) is 0. The number of nitrogens with zero attached hydrogens (tertiary/aromatic N) is 3. The lowest BCUT2D eigenvalue weighted by atomic mass is 9.70. The van der Waals surface area contributed by atoms with Gasteiger partial charge in [0.25, 0.3) is 0 Å². The molecule has 1 heterocycles. The number of fused-ring (bicyclic) bond motifs is 13. The zero-order chi connectivity index (χ0) is 42.2. The summed E-state index contributed by atoms with van der Waals surface area (Å²) in [5, 5.41) is 2.48. The first kappa shape index (κ1) is 36.3. The van der Waals surface area contributed by atoms with Crippen LogP contribution in [-0.4, -0.2) is 4.57 Å².